The quantitative estimate of drug-likeness (QED) is 0.0156. The number of nitrogens with zero attached hydrogens (tertiary/aromatic N) is 1. The molecule has 2 N–H and O–H groups in total. The first kappa shape index (κ1) is 73.7. The second-order valence-electron chi connectivity index (χ2n) is 22.0. The molecule has 9 nitrogen and oxygen atoms in total. The van der Waals surface area contributed by atoms with Gasteiger partial charge in [0.2, 0.25) is 5.91 Å². The van der Waals surface area contributed by atoms with Crippen LogP contribution < -0.4 is 5.32 Å². The Morgan fingerprint density at radius 3 is 1.39 bits per heavy atom. The zero-order chi connectivity index (χ0) is 56.4. The number of amides is 1. The molecule has 442 valence electrons. The van der Waals surface area contributed by atoms with E-state index in [0.29, 0.717) is 17.4 Å². The highest BCUT2D eigenvalue weighted by atomic mass is 31.2. The lowest BCUT2D eigenvalue weighted by Gasteiger charge is -2.27. The maximum Gasteiger partial charge on any atom is 0.472 e. The summed E-state index contributed by atoms with van der Waals surface area (Å²) in [6.45, 7) is 6.79. The molecule has 0 aliphatic heterocycles. The molecule has 0 aliphatic carbocycles. The van der Waals surface area contributed by atoms with Crippen molar-refractivity contribution in [1.82, 2.24) is 5.32 Å². The summed E-state index contributed by atoms with van der Waals surface area (Å²) >= 11 is 0. The van der Waals surface area contributed by atoms with Gasteiger partial charge in [0.1, 0.15) is 19.3 Å². The predicted molar refractivity (Wildman–Crippen MR) is 332 cm³/mol. The van der Waals surface area contributed by atoms with Gasteiger partial charge in [0.25, 0.3) is 0 Å². The third-order valence-electron chi connectivity index (χ3n) is 13.4. The minimum absolute atomic E-state index is 0.0257. The maximum absolute atomic E-state index is 13.5. The van der Waals surface area contributed by atoms with E-state index in [2.05, 4.69) is 62.5 Å². The molecule has 0 spiro atoms. The number of hydrogen-bond acceptors (Lipinski definition) is 6. The average Bonchev–Trinajstić information content (AvgIpc) is 3.39. The summed E-state index contributed by atoms with van der Waals surface area (Å²) in [7, 11) is 1.45. The van der Waals surface area contributed by atoms with Gasteiger partial charge in [-0.2, -0.15) is 0 Å². The number of carbonyl (C=O) groups is 2. The fourth-order valence-corrected chi connectivity index (χ4v) is 9.27. The number of hydrogen-bond donors (Lipinski definition) is 2. The number of rotatable bonds is 55. The Balaban J connectivity index is 5.23. The first-order chi connectivity index (χ1) is 37.4. The van der Waals surface area contributed by atoms with E-state index in [-0.39, 0.29) is 37.9 Å². The molecule has 0 radical (unpaired) electrons. The van der Waals surface area contributed by atoms with Crippen molar-refractivity contribution < 1.29 is 37.3 Å². The minimum atomic E-state index is -4.47. The molecule has 1 amide bonds. The highest BCUT2D eigenvalue weighted by molar-refractivity contribution is 7.47. The van der Waals surface area contributed by atoms with E-state index in [1.54, 1.807) is 0 Å². The lowest BCUT2D eigenvalue weighted by molar-refractivity contribution is -0.870. The number of ether oxygens (including phenoxy) is 1. The van der Waals surface area contributed by atoms with Crippen LogP contribution in [-0.4, -0.2) is 74.3 Å². The molecule has 0 heterocycles. The Morgan fingerprint density at radius 1 is 0.481 bits per heavy atom. The molecule has 0 saturated carbocycles. The van der Waals surface area contributed by atoms with Crippen molar-refractivity contribution in [1.29, 1.82) is 0 Å². The molecule has 0 fully saturated rings. The van der Waals surface area contributed by atoms with Gasteiger partial charge < -0.3 is 19.4 Å². The summed E-state index contributed by atoms with van der Waals surface area (Å²) < 4.78 is 30.6. The monoisotopic (exact) mass is 1090 g/mol. The fraction of sp³-hybridized carbons (Fsp3) is 0.701. The fourth-order valence-electron chi connectivity index (χ4n) is 8.53. The van der Waals surface area contributed by atoms with Gasteiger partial charge in [-0.3, -0.25) is 18.6 Å². The number of esters is 1. The highest BCUT2D eigenvalue weighted by Gasteiger charge is 2.30. The van der Waals surface area contributed by atoms with Gasteiger partial charge in [-0.25, -0.2) is 4.57 Å². The van der Waals surface area contributed by atoms with E-state index in [1.807, 2.05) is 94.1 Å². The standard InChI is InChI=1S/C67H117N2O7P/c1-7-10-13-16-19-22-25-27-29-31-32-33-34-35-36-38-40-42-45-48-51-54-57-60-67(71)76-65(58-55-52-49-46-43-24-21-18-15-12-9-3)64(63-75-77(72,73)74-62-61-69(4,5)6)68-66(70)59-56-53-50-47-44-41-39-37-30-28-26-23-20-17-14-11-8-2/h11,14,17,19-20,22-23,26-30,37,39,41,44,55,58,64-65H,7-10,12-13,15-16,18,21,24-25,31-36,38,40,42-43,45-54,56-57,59-63H2,1-6H3,(H-,68,70,72,73)/p+1/b14-11-,20-17+,22-19-,26-23+,29-27-,30-28-,39-37+,44-41+,58-55-. The zero-order valence-corrected chi connectivity index (χ0v) is 51.3. The summed E-state index contributed by atoms with van der Waals surface area (Å²) in [5.74, 6) is -0.561. The van der Waals surface area contributed by atoms with Gasteiger partial charge >= 0.3 is 13.8 Å². The van der Waals surface area contributed by atoms with Crippen molar-refractivity contribution in [2.45, 2.75) is 264 Å². The molecule has 0 rings (SSSR count). The van der Waals surface area contributed by atoms with E-state index in [4.69, 9.17) is 13.8 Å². The summed E-state index contributed by atoms with van der Waals surface area (Å²) in [6.07, 6.45) is 76.6. The van der Waals surface area contributed by atoms with Crippen molar-refractivity contribution in [2.24, 2.45) is 0 Å². The molecule has 3 unspecified atom stereocenters. The third-order valence-corrected chi connectivity index (χ3v) is 14.3. The molecular weight excluding hydrogens is 976 g/mol. The molecule has 0 aromatic heterocycles. The second kappa shape index (κ2) is 56.0. The number of quaternary nitrogens is 1. The topological polar surface area (TPSA) is 111 Å². The van der Waals surface area contributed by atoms with E-state index < -0.39 is 20.0 Å². The smallest absolute Gasteiger partial charge is 0.456 e. The van der Waals surface area contributed by atoms with Crippen LogP contribution in [0.3, 0.4) is 0 Å². The lowest BCUT2D eigenvalue weighted by Crippen LogP contribution is -2.47. The minimum Gasteiger partial charge on any atom is -0.456 e. The Morgan fingerprint density at radius 2 is 0.883 bits per heavy atom. The number of carbonyl (C=O) groups excluding carboxylic acids is 2. The van der Waals surface area contributed by atoms with E-state index in [1.165, 1.54) is 141 Å². The Kier molecular flexibility index (Phi) is 53.5. The van der Waals surface area contributed by atoms with Gasteiger partial charge in [-0.15, -0.1) is 0 Å². The van der Waals surface area contributed by atoms with Crippen LogP contribution in [0, 0.1) is 0 Å². The molecular formula is C67H118N2O7P+. The molecule has 0 saturated heterocycles. The van der Waals surface area contributed by atoms with Gasteiger partial charge in [0, 0.05) is 12.8 Å². The molecule has 0 aliphatic rings. The predicted octanol–water partition coefficient (Wildman–Crippen LogP) is 19.3. The summed E-state index contributed by atoms with van der Waals surface area (Å²) in [5, 5.41) is 3.03. The van der Waals surface area contributed by atoms with Crippen LogP contribution >= 0.6 is 7.82 Å². The van der Waals surface area contributed by atoms with E-state index in [9.17, 15) is 19.0 Å². The van der Waals surface area contributed by atoms with Gasteiger partial charge in [-0.05, 0) is 83.1 Å². The average molecular weight is 1090 g/mol. The van der Waals surface area contributed by atoms with Crippen LogP contribution in [-0.2, 0) is 27.9 Å². The normalized spacial score (nSPS) is 14.4. The van der Waals surface area contributed by atoms with Gasteiger partial charge in [0.15, 0.2) is 0 Å². The molecule has 0 aromatic rings. The number of nitrogens with one attached hydrogen (secondary N) is 1. The van der Waals surface area contributed by atoms with Crippen LogP contribution in [0.1, 0.15) is 252 Å². The highest BCUT2D eigenvalue weighted by Crippen LogP contribution is 2.43. The first-order valence-electron chi connectivity index (χ1n) is 31.3. The van der Waals surface area contributed by atoms with Crippen LogP contribution in [0.25, 0.3) is 0 Å². The molecule has 0 aromatic carbocycles. The van der Waals surface area contributed by atoms with Crippen LogP contribution in [0.15, 0.2) is 109 Å². The van der Waals surface area contributed by atoms with Crippen molar-refractivity contribution in [3.63, 3.8) is 0 Å². The van der Waals surface area contributed by atoms with Gasteiger partial charge in [0.05, 0.1) is 33.8 Å². The van der Waals surface area contributed by atoms with Crippen LogP contribution in [0.4, 0.5) is 0 Å². The van der Waals surface area contributed by atoms with Gasteiger partial charge in [-0.1, -0.05) is 265 Å². The largest absolute Gasteiger partial charge is 0.472 e. The maximum atomic E-state index is 13.5. The van der Waals surface area contributed by atoms with E-state index in [0.717, 1.165) is 70.6 Å². The van der Waals surface area contributed by atoms with E-state index >= 15 is 0 Å². The lowest BCUT2D eigenvalue weighted by atomic mass is 10.0. The molecule has 10 heteroatoms. The number of unbranched alkanes of at least 4 members (excludes halogenated alkanes) is 28. The van der Waals surface area contributed by atoms with Crippen LogP contribution in [0.2, 0.25) is 0 Å². The second-order valence-corrected chi connectivity index (χ2v) is 23.5. The Bertz CT molecular complexity index is 1690. The van der Waals surface area contributed by atoms with Crippen molar-refractivity contribution in [2.75, 3.05) is 40.9 Å². The number of phosphoric acid groups is 1. The third kappa shape index (κ3) is 57.2. The SMILES string of the molecule is CC\C=C/C=C/C=C/C=C\C=C\C=C\CCCCCC(=O)NC(COP(=O)(O)OCC[N+](C)(C)C)C(/C=C\CCCCCCCCCCC)OC(=O)CCCCCCCCCCCCCCC/C=C\C/C=C\CCCCC. The Hall–Kier alpha value is -3.33. The zero-order valence-electron chi connectivity index (χ0n) is 50.4. The summed E-state index contributed by atoms with van der Waals surface area (Å²) in [5.41, 5.74) is 0. The summed E-state index contributed by atoms with van der Waals surface area (Å²) in [4.78, 5) is 37.7. The van der Waals surface area contributed by atoms with Crippen LogP contribution in [0.5, 0.6) is 0 Å². The first-order valence-corrected chi connectivity index (χ1v) is 32.8. The Labute approximate surface area is 474 Å². The number of likely N-dealkylation sites (N-methyl/N-ethyl adjacent to an activating group) is 1. The number of allylic oxidation sites excluding steroid dienone is 17. The van der Waals surface area contributed by atoms with Crippen molar-refractivity contribution in [3.8, 4) is 0 Å². The molecule has 0 bridgehead atoms. The summed E-state index contributed by atoms with van der Waals surface area (Å²) in [6, 6.07) is -0.878. The number of phosphoric ester groups is 1. The molecule has 77 heavy (non-hydrogen) atoms. The molecule has 3 atom stereocenters. The van der Waals surface area contributed by atoms with Crippen molar-refractivity contribution >= 4 is 19.7 Å². The van der Waals surface area contributed by atoms with Crippen molar-refractivity contribution in [3.05, 3.63) is 109 Å².